The Hall–Kier alpha value is -5.53. The molecule has 6 aromatic rings. The summed E-state index contributed by atoms with van der Waals surface area (Å²) in [6.45, 7) is 8.41. The van der Waals surface area contributed by atoms with E-state index in [1.807, 2.05) is 74.5 Å². The molecule has 0 radical (unpaired) electrons. The van der Waals surface area contributed by atoms with Crippen molar-refractivity contribution in [3.8, 4) is 28.0 Å². The lowest BCUT2D eigenvalue weighted by atomic mass is 9.74. The number of aryl methyl sites for hydroxylation is 2. The summed E-state index contributed by atoms with van der Waals surface area (Å²) in [6.07, 6.45) is -5.33. The van der Waals surface area contributed by atoms with Gasteiger partial charge >= 0.3 is 12.4 Å². The van der Waals surface area contributed by atoms with Crippen LogP contribution >= 0.6 is 0 Å². The summed E-state index contributed by atoms with van der Waals surface area (Å²) >= 11 is 0. The van der Waals surface area contributed by atoms with Gasteiger partial charge in [0.15, 0.2) is 0 Å². The lowest BCUT2D eigenvalue weighted by molar-refractivity contribution is -0.138. The highest BCUT2D eigenvalue weighted by atomic mass is 19.4. The first-order chi connectivity index (χ1) is 32.1. The molecule has 0 aromatic heterocycles. The standard InChI is InChI=1S/C28H30F3NO.C27H27F4NO2/c1-20-8-9-21(2)26(14-20)23-15-22(16-25(17-23)28(29,30)31)18-33-19-27(10-12-32-13-11-27)24-6-4-3-5-7-24;1-33-25-8-7-23(28)16-24(25)20-13-19(14-22(15-20)27(29,30)31)17-34-18-26(9-11-32-12-10-26)21-5-3-2-4-6-21/h3-9,14-17,32H,10-13,18-19H2,1-2H3;2-8,13-16,32H,9-12,17-18H2,1H3. The van der Waals surface area contributed by atoms with Gasteiger partial charge in [-0.3, -0.25) is 0 Å². The van der Waals surface area contributed by atoms with E-state index in [0.29, 0.717) is 35.7 Å². The third kappa shape index (κ3) is 12.5. The Morgan fingerprint density at radius 2 is 0.985 bits per heavy atom. The zero-order valence-corrected chi connectivity index (χ0v) is 38.1. The second kappa shape index (κ2) is 21.6. The van der Waals surface area contributed by atoms with Crippen LogP contribution in [0.2, 0.25) is 0 Å². The summed E-state index contributed by atoms with van der Waals surface area (Å²) in [7, 11) is 1.40. The molecule has 2 N–H and O–H groups in total. The van der Waals surface area contributed by atoms with Crippen molar-refractivity contribution in [1.82, 2.24) is 10.6 Å². The number of ether oxygens (including phenoxy) is 3. The van der Waals surface area contributed by atoms with Gasteiger partial charge in [0.25, 0.3) is 0 Å². The molecule has 6 aromatic carbocycles. The van der Waals surface area contributed by atoms with Gasteiger partial charge in [0.2, 0.25) is 0 Å². The molecule has 0 unspecified atom stereocenters. The van der Waals surface area contributed by atoms with Crippen LogP contribution in [0.5, 0.6) is 5.75 Å². The minimum absolute atomic E-state index is 0.0105. The molecular weight excluding hydrogens is 870 g/mol. The molecule has 354 valence electrons. The Morgan fingerprint density at radius 1 is 0.522 bits per heavy atom. The summed E-state index contributed by atoms with van der Waals surface area (Å²) in [5.74, 6) is -0.257. The maximum atomic E-state index is 13.9. The van der Waals surface area contributed by atoms with Crippen LogP contribution in [0.4, 0.5) is 30.7 Å². The maximum absolute atomic E-state index is 13.9. The van der Waals surface area contributed by atoms with Gasteiger partial charge in [-0.2, -0.15) is 26.3 Å². The molecule has 67 heavy (non-hydrogen) atoms. The molecule has 2 aliphatic heterocycles. The number of rotatable bonds is 13. The number of alkyl halides is 6. The highest BCUT2D eigenvalue weighted by Gasteiger charge is 2.37. The summed E-state index contributed by atoms with van der Waals surface area (Å²) in [5, 5.41) is 6.76. The molecule has 2 aliphatic rings. The molecule has 2 heterocycles. The smallest absolute Gasteiger partial charge is 0.416 e. The number of methoxy groups -OCH3 is 1. The number of hydrogen-bond acceptors (Lipinski definition) is 5. The van der Waals surface area contributed by atoms with E-state index in [0.717, 1.165) is 80.7 Å². The predicted molar refractivity (Wildman–Crippen MR) is 250 cm³/mol. The predicted octanol–water partition coefficient (Wildman–Crippen LogP) is 13.2. The third-order valence-corrected chi connectivity index (χ3v) is 13.0. The Balaban J connectivity index is 0.000000199. The third-order valence-electron chi connectivity index (χ3n) is 13.0. The van der Waals surface area contributed by atoms with Crippen molar-refractivity contribution in [3.63, 3.8) is 0 Å². The highest BCUT2D eigenvalue weighted by Crippen LogP contribution is 2.40. The number of halogens is 7. The minimum atomic E-state index is -4.55. The van der Waals surface area contributed by atoms with Gasteiger partial charge in [0.1, 0.15) is 11.6 Å². The van der Waals surface area contributed by atoms with Crippen LogP contribution in [-0.2, 0) is 45.9 Å². The maximum Gasteiger partial charge on any atom is 0.416 e. The van der Waals surface area contributed by atoms with Crippen molar-refractivity contribution in [2.45, 2.75) is 75.9 Å². The van der Waals surface area contributed by atoms with Crippen molar-refractivity contribution in [2.75, 3.05) is 46.5 Å². The van der Waals surface area contributed by atoms with Crippen molar-refractivity contribution in [3.05, 3.63) is 184 Å². The van der Waals surface area contributed by atoms with Crippen LogP contribution in [0, 0.1) is 19.7 Å². The average molecular weight is 927 g/mol. The van der Waals surface area contributed by atoms with Gasteiger partial charge in [-0.1, -0.05) is 84.4 Å². The Bertz CT molecular complexity index is 2550. The summed E-state index contributed by atoms with van der Waals surface area (Å²) in [5.41, 5.74) is 5.39. The zero-order chi connectivity index (χ0) is 47.7. The number of benzene rings is 6. The SMILES string of the molecule is COc1ccc(F)cc1-c1cc(COCC2(c3ccccc3)CCNCC2)cc(C(F)(F)F)c1.Cc1ccc(C)c(-c2cc(COCC3(c4ccccc4)CCNCC3)cc(C(F)(F)F)c2)c1. The molecule has 2 saturated heterocycles. The zero-order valence-electron chi connectivity index (χ0n) is 38.1. The molecular formula is C55H57F7N2O3. The molecule has 12 heteroatoms. The van der Waals surface area contributed by atoms with E-state index >= 15 is 0 Å². The number of piperidine rings is 2. The molecule has 0 amide bonds. The van der Waals surface area contributed by atoms with Crippen LogP contribution in [-0.4, -0.2) is 46.5 Å². The second-order valence-electron chi connectivity index (χ2n) is 17.8. The summed E-state index contributed by atoms with van der Waals surface area (Å²) in [6, 6.07) is 38.0. The number of hydrogen-bond donors (Lipinski definition) is 2. The quantitative estimate of drug-likeness (QED) is 0.113. The lowest BCUT2D eigenvalue weighted by Gasteiger charge is -2.38. The summed E-state index contributed by atoms with van der Waals surface area (Å²) < 4.78 is 113. The molecule has 0 aliphatic carbocycles. The van der Waals surface area contributed by atoms with Gasteiger partial charge in [-0.05, 0) is 165 Å². The van der Waals surface area contributed by atoms with Crippen molar-refractivity contribution in [2.24, 2.45) is 0 Å². The van der Waals surface area contributed by atoms with E-state index in [9.17, 15) is 30.7 Å². The van der Waals surface area contributed by atoms with Crippen molar-refractivity contribution >= 4 is 0 Å². The van der Waals surface area contributed by atoms with Crippen molar-refractivity contribution in [1.29, 1.82) is 0 Å². The van der Waals surface area contributed by atoms with Crippen LogP contribution in [0.3, 0.4) is 0 Å². The Labute approximate surface area is 388 Å². The first-order valence-electron chi connectivity index (χ1n) is 22.6. The van der Waals surface area contributed by atoms with Gasteiger partial charge in [0.05, 0.1) is 44.7 Å². The van der Waals surface area contributed by atoms with Gasteiger partial charge < -0.3 is 24.8 Å². The van der Waals surface area contributed by atoms with Crippen molar-refractivity contribution < 1.29 is 44.9 Å². The first kappa shape index (κ1) is 49.4. The minimum Gasteiger partial charge on any atom is -0.496 e. The van der Waals surface area contributed by atoms with E-state index in [1.165, 1.54) is 48.6 Å². The highest BCUT2D eigenvalue weighted by molar-refractivity contribution is 5.72. The molecule has 5 nitrogen and oxygen atoms in total. The van der Waals surface area contributed by atoms with E-state index in [1.54, 1.807) is 6.07 Å². The molecule has 2 fully saturated rings. The van der Waals surface area contributed by atoms with Gasteiger partial charge in [0, 0.05) is 16.4 Å². The molecule has 8 rings (SSSR count). The van der Waals surface area contributed by atoms with Gasteiger partial charge in [-0.15, -0.1) is 0 Å². The second-order valence-corrected chi connectivity index (χ2v) is 17.8. The van der Waals surface area contributed by atoms with E-state index in [2.05, 4.69) is 34.9 Å². The van der Waals surface area contributed by atoms with Gasteiger partial charge in [-0.25, -0.2) is 4.39 Å². The fraction of sp³-hybridized carbons (Fsp3) is 0.345. The lowest BCUT2D eigenvalue weighted by Crippen LogP contribution is -2.43. The Morgan fingerprint density at radius 3 is 1.43 bits per heavy atom. The normalized spacial score (nSPS) is 15.9. The monoisotopic (exact) mass is 926 g/mol. The average Bonchev–Trinajstić information content (AvgIpc) is 3.33. The fourth-order valence-electron chi connectivity index (χ4n) is 9.30. The van der Waals surface area contributed by atoms with Crippen LogP contribution < -0.4 is 15.4 Å². The first-order valence-corrected chi connectivity index (χ1v) is 22.6. The van der Waals surface area contributed by atoms with Crippen LogP contribution in [0.25, 0.3) is 22.3 Å². The molecule has 0 spiro atoms. The van der Waals surface area contributed by atoms with Crippen LogP contribution in [0.1, 0.15) is 70.2 Å². The molecule has 0 atom stereocenters. The molecule has 0 bridgehead atoms. The largest absolute Gasteiger partial charge is 0.496 e. The van der Waals surface area contributed by atoms with E-state index in [4.69, 9.17) is 14.2 Å². The number of nitrogens with one attached hydrogen (secondary N) is 2. The van der Waals surface area contributed by atoms with E-state index < -0.39 is 29.3 Å². The van der Waals surface area contributed by atoms with E-state index in [-0.39, 0.29) is 35.2 Å². The Kier molecular flexibility index (Phi) is 15.9. The molecule has 0 saturated carbocycles. The topological polar surface area (TPSA) is 51.8 Å². The fourth-order valence-corrected chi connectivity index (χ4v) is 9.30. The summed E-state index contributed by atoms with van der Waals surface area (Å²) in [4.78, 5) is 0. The van der Waals surface area contributed by atoms with Crippen LogP contribution in [0.15, 0.2) is 133 Å².